The molecule has 1 fully saturated rings. The molecule has 0 heterocycles. The van der Waals surface area contributed by atoms with E-state index in [1.807, 2.05) is 60.7 Å². The fourth-order valence-electron chi connectivity index (χ4n) is 3.21. The van der Waals surface area contributed by atoms with Crippen molar-refractivity contribution in [3.8, 4) is 0 Å². The van der Waals surface area contributed by atoms with E-state index in [1.54, 1.807) is 0 Å². The monoisotopic (exact) mass is 266 g/mol. The molecule has 2 aromatic carbocycles. The van der Waals surface area contributed by atoms with Crippen LogP contribution in [0.4, 0.5) is 0 Å². The average Bonchev–Trinajstić information content (AvgIpc) is 2.49. The number of rotatable bonds is 2. The molecular formula is C18H18O2. The molecule has 0 spiro atoms. The van der Waals surface area contributed by atoms with Gasteiger partial charge < -0.3 is 5.11 Å². The predicted octanol–water partition coefficient (Wildman–Crippen LogP) is 3.41. The number of carbonyl (C=O) groups is 1. The third kappa shape index (κ3) is 2.27. The van der Waals surface area contributed by atoms with Crippen LogP contribution in [0.3, 0.4) is 0 Å². The zero-order chi connectivity index (χ0) is 14.0. The summed E-state index contributed by atoms with van der Waals surface area (Å²) >= 11 is 0. The number of aliphatic hydroxyl groups is 1. The minimum absolute atomic E-state index is 0.0243. The molecule has 2 aromatic rings. The SMILES string of the molecule is O=C1CCC(c2ccccc2)C(O)(c2ccccc2)C1. The molecule has 20 heavy (non-hydrogen) atoms. The van der Waals surface area contributed by atoms with Crippen molar-refractivity contribution in [2.45, 2.75) is 30.8 Å². The van der Waals surface area contributed by atoms with Gasteiger partial charge in [-0.2, -0.15) is 0 Å². The normalized spacial score (nSPS) is 26.4. The van der Waals surface area contributed by atoms with E-state index in [0.717, 1.165) is 11.1 Å². The molecule has 2 nitrogen and oxygen atoms in total. The average molecular weight is 266 g/mol. The third-order valence-electron chi connectivity index (χ3n) is 4.23. The van der Waals surface area contributed by atoms with Crippen molar-refractivity contribution in [2.75, 3.05) is 0 Å². The summed E-state index contributed by atoms with van der Waals surface area (Å²) in [6.45, 7) is 0. The zero-order valence-corrected chi connectivity index (χ0v) is 11.3. The fourth-order valence-corrected chi connectivity index (χ4v) is 3.21. The second-order valence-corrected chi connectivity index (χ2v) is 5.51. The maximum atomic E-state index is 11.9. The van der Waals surface area contributed by atoms with Gasteiger partial charge in [-0.25, -0.2) is 0 Å². The molecule has 0 aliphatic heterocycles. The second-order valence-electron chi connectivity index (χ2n) is 5.51. The lowest BCUT2D eigenvalue weighted by atomic mass is 9.68. The van der Waals surface area contributed by atoms with Crippen LogP contribution >= 0.6 is 0 Å². The number of hydrogen-bond donors (Lipinski definition) is 1. The fraction of sp³-hybridized carbons (Fsp3) is 0.278. The highest BCUT2D eigenvalue weighted by atomic mass is 16.3. The van der Waals surface area contributed by atoms with Gasteiger partial charge in [-0.05, 0) is 17.5 Å². The van der Waals surface area contributed by atoms with Crippen LogP contribution in [0.25, 0.3) is 0 Å². The Morgan fingerprint density at radius 1 is 0.950 bits per heavy atom. The number of carbonyl (C=O) groups excluding carboxylic acids is 1. The Hall–Kier alpha value is -1.93. The van der Waals surface area contributed by atoms with E-state index < -0.39 is 5.60 Å². The predicted molar refractivity (Wildman–Crippen MR) is 78.4 cm³/mol. The lowest BCUT2D eigenvalue weighted by Gasteiger charge is -2.40. The van der Waals surface area contributed by atoms with Crippen molar-refractivity contribution < 1.29 is 9.90 Å². The van der Waals surface area contributed by atoms with Crippen LogP contribution in [0.5, 0.6) is 0 Å². The summed E-state index contributed by atoms with van der Waals surface area (Å²) in [6, 6.07) is 19.6. The first kappa shape index (κ1) is 13.1. The van der Waals surface area contributed by atoms with Gasteiger partial charge in [-0.1, -0.05) is 60.7 Å². The lowest BCUT2D eigenvalue weighted by Crippen LogP contribution is -2.39. The smallest absolute Gasteiger partial charge is 0.136 e. The molecule has 0 aromatic heterocycles. The van der Waals surface area contributed by atoms with Crippen molar-refractivity contribution in [2.24, 2.45) is 0 Å². The molecular weight excluding hydrogens is 248 g/mol. The molecule has 2 unspecified atom stereocenters. The minimum Gasteiger partial charge on any atom is -0.384 e. The highest BCUT2D eigenvalue weighted by Gasteiger charge is 2.44. The Morgan fingerprint density at radius 2 is 1.55 bits per heavy atom. The van der Waals surface area contributed by atoms with Gasteiger partial charge in [0.1, 0.15) is 11.4 Å². The standard InChI is InChI=1S/C18H18O2/c19-16-11-12-17(14-7-3-1-4-8-14)18(20,13-16)15-9-5-2-6-10-15/h1-10,17,20H,11-13H2. The van der Waals surface area contributed by atoms with Crippen LogP contribution in [0.15, 0.2) is 60.7 Å². The van der Waals surface area contributed by atoms with Gasteiger partial charge in [0.25, 0.3) is 0 Å². The van der Waals surface area contributed by atoms with Crippen LogP contribution in [0.1, 0.15) is 36.3 Å². The van der Waals surface area contributed by atoms with Gasteiger partial charge in [-0.3, -0.25) is 4.79 Å². The molecule has 1 aliphatic rings. The Labute approximate surface area is 119 Å². The summed E-state index contributed by atoms with van der Waals surface area (Å²) in [5, 5.41) is 11.2. The van der Waals surface area contributed by atoms with Crippen molar-refractivity contribution in [3.63, 3.8) is 0 Å². The first-order valence-corrected chi connectivity index (χ1v) is 7.05. The van der Waals surface area contributed by atoms with E-state index in [9.17, 15) is 9.90 Å². The van der Waals surface area contributed by atoms with Gasteiger partial charge in [0.15, 0.2) is 0 Å². The van der Waals surface area contributed by atoms with Crippen LogP contribution in [0, 0.1) is 0 Å². The van der Waals surface area contributed by atoms with Gasteiger partial charge in [0.05, 0.1) is 0 Å². The third-order valence-corrected chi connectivity index (χ3v) is 4.23. The van der Waals surface area contributed by atoms with E-state index in [2.05, 4.69) is 0 Å². The second kappa shape index (κ2) is 5.22. The molecule has 1 N–H and O–H groups in total. The Balaban J connectivity index is 2.05. The lowest BCUT2D eigenvalue weighted by molar-refractivity contribution is -0.130. The largest absolute Gasteiger partial charge is 0.384 e. The minimum atomic E-state index is -1.09. The van der Waals surface area contributed by atoms with Gasteiger partial charge in [0, 0.05) is 18.8 Å². The van der Waals surface area contributed by atoms with Crippen LogP contribution in [-0.2, 0) is 10.4 Å². The summed E-state index contributed by atoms with van der Waals surface area (Å²) in [4.78, 5) is 11.9. The van der Waals surface area contributed by atoms with E-state index >= 15 is 0 Å². The van der Waals surface area contributed by atoms with Gasteiger partial charge in [-0.15, -0.1) is 0 Å². The van der Waals surface area contributed by atoms with E-state index in [0.29, 0.717) is 12.8 Å². The quantitative estimate of drug-likeness (QED) is 0.904. The van der Waals surface area contributed by atoms with E-state index in [4.69, 9.17) is 0 Å². The molecule has 0 saturated heterocycles. The van der Waals surface area contributed by atoms with Crippen molar-refractivity contribution in [3.05, 3.63) is 71.8 Å². The molecule has 2 heteroatoms. The zero-order valence-electron chi connectivity index (χ0n) is 11.3. The number of ketones is 1. The number of Topliss-reactive ketones (excluding diaryl/α,β-unsaturated/α-hetero) is 1. The Morgan fingerprint density at radius 3 is 2.20 bits per heavy atom. The highest BCUT2D eigenvalue weighted by molar-refractivity contribution is 5.81. The molecule has 0 amide bonds. The van der Waals surface area contributed by atoms with Crippen molar-refractivity contribution >= 4 is 5.78 Å². The summed E-state index contributed by atoms with van der Waals surface area (Å²) in [6.07, 6.45) is 1.46. The summed E-state index contributed by atoms with van der Waals surface area (Å²) in [5.74, 6) is 0.118. The maximum absolute atomic E-state index is 11.9. The first-order chi connectivity index (χ1) is 9.70. The molecule has 3 rings (SSSR count). The molecule has 102 valence electrons. The molecule has 0 radical (unpaired) electrons. The molecule has 1 aliphatic carbocycles. The number of hydrogen-bond acceptors (Lipinski definition) is 2. The topological polar surface area (TPSA) is 37.3 Å². The number of benzene rings is 2. The molecule has 2 atom stereocenters. The van der Waals surface area contributed by atoms with E-state index in [-0.39, 0.29) is 18.1 Å². The summed E-state index contributed by atoms with van der Waals surface area (Å²) in [5.41, 5.74) is 0.853. The van der Waals surface area contributed by atoms with Crippen LogP contribution < -0.4 is 0 Å². The first-order valence-electron chi connectivity index (χ1n) is 7.05. The summed E-state index contributed by atoms with van der Waals surface area (Å²) < 4.78 is 0. The van der Waals surface area contributed by atoms with Crippen molar-refractivity contribution in [1.29, 1.82) is 0 Å². The molecule has 1 saturated carbocycles. The van der Waals surface area contributed by atoms with Gasteiger partial charge in [0.2, 0.25) is 0 Å². The Bertz CT molecular complexity index is 591. The highest BCUT2D eigenvalue weighted by Crippen LogP contribution is 2.46. The summed E-state index contributed by atoms with van der Waals surface area (Å²) in [7, 11) is 0. The van der Waals surface area contributed by atoms with Gasteiger partial charge >= 0.3 is 0 Å². The van der Waals surface area contributed by atoms with Crippen molar-refractivity contribution in [1.82, 2.24) is 0 Å². The van der Waals surface area contributed by atoms with Crippen LogP contribution in [-0.4, -0.2) is 10.9 Å². The van der Waals surface area contributed by atoms with E-state index in [1.165, 1.54) is 0 Å². The molecule has 0 bridgehead atoms. The Kier molecular flexibility index (Phi) is 3.41. The van der Waals surface area contributed by atoms with Crippen LogP contribution in [0.2, 0.25) is 0 Å². The maximum Gasteiger partial charge on any atom is 0.136 e.